The Kier molecular flexibility index (Phi) is 3.52. The molecule has 7 heteroatoms. The van der Waals surface area contributed by atoms with Crippen LogP contribution in [0.25, 0.3) is 5.82 Å². The van der Waals surface area contributed by atoms with Crippen LogP contribution in [0.3, 0.4) is 0 Å². The molecule has 0 aliphatic carbocycles. The van der Waals surface area contributed by atoms with Gasteiger partial charge < -0.3 is 11.1 Å². The molecule has 2 aromatic rings. The maximum atomic E-state index is 13.5. The summed E-state index contributed by atoms with van der Waals surface area (Å²) in [6.45, 7) is 4.53. The van der Waals surface area contributed by atoms with E-state index in [-0.39, 0.29) is 0 Å². The van der Waals surface area contributed by atoms with Crippen LogP contribution < -0.4 is 11.1 Å². The number of halogens is 1. The highest BCUT2D eigenvalue weighted by Crippen LogP contribution is 2.16. The van der Waals surface area contributed by atoms with Gasteiger partial charge in [0.15, 0.2) is 11.6 Å². The Hall–Kier alpha value is -2.02. The number of pyridine rings is 1. The molecule has 2 heterocycles. The van der Waals surface area contributed by atoms with Gasteiger partial charge in [0.25, 0.3) is 0 Å². The molecule has 2 aromatic heterocycles. The average molecular weight is 250 g/mol. The summed E-state index contributed by atoms with van der Waals surface area (Å²) in [7, 11) is 0. The van der Waals surface area contributed by atoms with Gasteiger partial charge in [-0.2, -0.15) is 4.68 Å². The van der Waals surface area contributed by atoms with E-state index >= 15 is 0 Å². The zero-order valence-electron chi connectivity index (χ0n) is 10.3. The number of anilines is 1. The minimum Gasteiger partial charge on any atom is -0.381 e. The van der Waals surface area contributed by atoms with E-state index in [2.05, 4.69) is 20.4 Å². The van der Waals surface area contributed by atoms with Gasteiger partial charge in [-0.1, -0.05) is 0 Å². The fraction of sp³-hybridized carbons (Fsp3) is 0.364. The molecule has 0 amide bonds. The molecule has 0 aromatic carbocycles. The van der Waals surface area contributed by atoms with Gasteiger partial charge in [0, 0.05) is 19.2 Å². The molecule has 0 spiro atoms. The lowest BCUT2D eigenvalue weighted by atomic mass is 10.3. The van der Waals surface area contributed by atoms with Gasteiger partial charge in [-0.15, -0.1) is 5.10 Å². The second kappa shape index (κ2) is 5.09. The molecule has 6 nitrogen and oxygen atoms in total. The number of hydrogen-bond donors (Lipinski definition) is 2. The summed E-state index contributed by atoms with van der Waals surface area (Å²) in [6.07, 6.45) is 1.16. The van der Waals surface area contributed by atoms with Gasteiger partial charge in [-0.3, -0.25) is 0 Å². The fourth-order valence-electron chi connectivity index (χ4n) is 1.62. The molecule has 0 radical (unpaired) electrons. The van der Waals surface area contributed by atoms with Crippen molar-refractivity contribution in [1.29, 1.82) is 0 Å². The molecule has 0 aliphatic heterocycles. The van der Waals surface area contributed by atoms with Crippen LogP contribution in [0.5, 0.6) is 0 Å². The van der Waals surface area contributed by atoms with E-state index in [9.17, 15) is 4.39 Å². The fourth-order valence-corrected chi connectivity index (χ4v) is 1.62. The molecular weight excluding hydrogens is 235 g/mol. The van der Waals surface area contributed by atoms with Crippen molar-refractivity contribution in [3.63, 3.8) is 0 Å². The van der Waals surface area contributed by atoms with Gasteiger partial charge >= 0.3 is 0 Å². The third-order valence-electron chi connectivity index (χ3n) is 2.39. The van der Waals surface area contributed by atoms with E-state index in [1.807, 2.05) is 6.92 Å². The summed E-state index contributed by atoms with van der Waals surface area (Å²) in [5.74, 6) is 1.46. The Morgan fingerprint density at radius 1 is 1.44 bits per heavy atom. The van der Waals surface area contributed by atoms with Crippen LogP contribution in [-0.2, 0) is 0 Å². The van der Waals surface area contributed by atoms with E-state index in [1.165, 1.54) is 0 Å². The molecule has 0 saturated heterocycles. The largest absolute Gasteiger partial charge is 0.381 e. The molecule has 0 aliphatic rings. The van der Waals surface area contributed by atoms with Crippen molar-refractivity contribution in [2.24, 2.45) is 5.73 Å². The van der Waals surface area contributed by atoms with Gasteiger partial charge in [-0.05, 0) is 13.8 Å². The molecule has 0 bridgehead atoms. The number of nitrogens with one attached hydrogen (secondary N) is 1. The second-order valence-electron chi connectivity index (χ2n) is 3.86. The predicted octanol–water partition coefficient (Wildman–Crippen LogP) is 0.789. The zero-order chi connectivity index (χ0) is 13.1. The molecule has 0 unspecified atom stereocenters. The molecule has 2 rings (SSSR count). The number of aryl methyl sites for hydroxylation is 2. The third-order valence-corrected chi connectivity index (χ3v) is 2.39. The normalized spacial score (nSPS) is 10.7. The standard InChI is InChI=1S/C11H15FN6/c1-7-16-8(2)18(17-7)11-5-10(14-4-3-13)9(12)6-15-11/h5-6H,3-4,13H2,1-2H3,(H,14,15). The van der Waals surface area contributed by atoms with Crippen LogP contribution in [0.4, 0.5) is 10.1 Å². The van der Waals surface area contributed by atoms with Gasteiger partial charge in [0.1, 0.15) is 11.6 Å². The van der Waals surface area contributed by atoms with Crippen molar-refractivity contribution in [2.75, 3.05) is 18.4 Å². The summed E-state index contributed by atoms with van der Waals surface area (Å²) >= 11 is 0. The Labute approximate surface area is 104 Å². The quantitative estimate of drug-likeness (QED) is 0.838. The first-order valence-electron chi connectivity index (χ1n) is 5.62. The van der Waals surface area contributed by atoms with Crippen LogP contribution in [0.1, 0.15) is 11.6 Å². The average Bonchev–Trinajstić information content (AvgIpc) is 2.67. The summed E-state index contributed by atoms with van der Waals surface area (Å²) in [5.41, 5.74) is 5.73. The van der Waals surface area contributed by atoms with Crippen LogP contribution >= 0.6 is 0 Å². The lowest BCUT2D eigenvalue weighted by molar-refractivity contribution is 0.621. The molecule has 0 atom stereocenters. The Bertz CT molecular complexity index is 550. The predicted molar refractivity (Wildman–Crippen MR) is 66.1 cm³/mol. The van der Waals surface area contributed by atoms with E-state index in [4.69, 9.17) is 5.73 Å². The van der Waals surface area contributed by atoms with Gasteiger partial charge in [0.05, 0.1) is 11.9 Å². The number of rotatable bonds is 4. The first kappa shape index (κ1) is 12.4. The highest BCUT2D eigenvalue weighted by atomic mass is 19.1. The van der Waals surface area contributed by atoms with Crippen molar-refractivity contribution in [3.05, 3.63) is 29.7 Å². The van der Waals surface area contributed by atoms with Gasteiger partial charge in [0.2, 0.25) is 0 Å². The highest BCUT2D eigenvalue weighted by molar-refractivity contribution is 5.48. The number of hydrogen-bond acceptors (Lipinski definition) is 5. The molecule has 3 N–H and O–H groups in total. The third kappa shape index (κ3) is 2.45. The summed E-state index contributed by atoms with van der Waals surface area (Å²) in [4.78, 5) is 8.19. The SMILES string of the molecule is Cc1nc(C)n(-c2cc(NCCN)c(F)cn2)n1. The van der Waals surface area contributed by atoms with Crippen LogP contribution in [-0.4, -0.2) is 32.8 Å². The van der Waals surface area contributed by atoms with Crippen molar-refractivity contribution >= 4 is 5.69 Å². The Balaban J connectivity index is 2.37. The molecule has 0 fully saturated rings. The topological polar surface area (TPSA) is 81.7 Å². The summed E-state index contributed by atoms with van der Waals surface area (Å²) < 4.78 is 15.1. The lowest BCUT2D eigenvalue weighted by Crippen LogP contribution is -2.14. The molecule has 18 heavy (non-hydrogen) atoms. The second-order valence-corrected chi connectivity index (χ2v) is 3.86. The maximum absolute atomic E-state index is 13.5. The van der Waals surface area contributed by atoms with Crippen molar-refractivity contribution in [2.45, 2.75) is 13.8 Å². The van der Waals surface area contributed by atoms with E-state index in [0.29, 0.717) is 36.2 Å². The van der Waals surface area contributed by atoms with Gasteiger partial charge in [-0.25, -0.2) is 14.4 Å². The number of nitrogens with two attached hydrogens (primary N) is 1. The summed E-state index contributed by atoms with van der Waals surface area (Å²) in [6, 6.07) is 1.59. The Morgan fingerprint density at radius 2 is 2.22 bits per heavy atom. The maximum Gasteiger partial charge on any atom is 0.164 e. The summed E-state index contributed by atoms with van der Waals surface area (Å²) in [5, 5.41) is 7.10. The monoisotopic (exact) mass is 250 g/mol. The van der Waals surface area contributed by atoms with Crippen LogP contribution in [0.15, 0.2) is 12.3 Å². The van der Waals surface area contributed by atoms with Crippen LogP contribution in [0, 0.1) is 19.7 Å². The lowest BCUT2D eigenvalue weighted by Gasteiger charge is -2.08. The van der Waals surface area contributed by atoms with E-state index < -0.39 is 5.82 Å². The minimum atomic E-state index is -0.415. The molecule has 0 saturated carbocycles. The first-order chi connectivity index (χ1) is 8.61. The number of aromatic nitrogens is 4. The van der Waals surface area contributed by atoms with Crippen molar-refractivity contribution in [1.82, 2.24) is 19.7 Å². The molecular formula is C11H15FN6. The minimum absolute atomic E-state index is 0.359. The van der Waals surface area contributed by atoms with Crippen molar-refractivity contribution in [3.8, 4) is 5.82 Å². The smallest absolute Gasteiger partial charge is 0.164 e. The first-order valence-corrected chi connectivity index (χ1v) is 5.62. The highest BCUT2D eigenvalue weighted by Gasteiger charge is 2.09. The molecule has 96 valence electrons. The van der Waals surface area contributed by atoms with Crippen LogP contribution in [0.2, 0.25) is 0 Å². The van der Waals surface area contributed by atoms with E-state index in [0.717, 1.165) is 6.20 Å². The Morgan fingerprint density at radius 3 is 2.83 bits per heavy atom. The van der Waals surface area contributed by atoms with Crippen molar-refractivity contribution < 1.29 is 4.39 Å². The number of nitrogens with zero attached hydrogens (tertiary/aromatic N) is 4. The van der Waals surface area contributed by atoms with E-state index in [1.54, 1.807) is 17.7 Å². The zero-order valence-corrected chi connectivity index (χ0v) is 10.3.